The lowest BCUT2D eigenvalue weighted by Gasteiger charge is -2.31. The minimum absolute atomic E-state index is 0.585. The van der Waals surface area contributed by atoms with E-state index in [9.17, 15) is 0 Å². The predicted octanol–water partition coefficient (Wildman–Crippen LogP) is 0.417. The highest BCUT2D eigenvalue weighted by molar-refractivity contribution is 8.00. The fraction of sp³-hybridized carbons (Fsp3) is 1.00. The summed E-state index contributed by atoms with van der Waals surface area (Å²) >= 11 is 2.04. The van der Waals surface area contributed by atoms with Gasteiger partial charge in [0.15, 0.2) is 0 Å². The first kappa shape index (κ1) is 6.95. The van der Waals surface area contributed by atoms with Crippen molar-refractivity contribution in [3.05, 3.63) is 0 Å². The van der Waals surface area contributed by atoms with Gasteiger partial charge >= 0.3 is 0 Å². The molecule has 10 heavy (non-hydrogen) atoms. The Balaban J connectivity index is 1.98. The highest BCUT2D eigenvalue weighted by atomic mass is 32.2. The number of thioether (sulfide) groups is 1. The van der Waals surface area contributed by atoms with Crippen molar-refractivity contribution in [2.75, 3.05) is 25.5 Å². The standard InChI is InChI=1S/C7H13N2S/c1-3-8-5-7(1)2-4-9-6-10-7/h8H,1-6H2. The second-order valence-corrected chi connectivity index (χ2v) is 4.49. The lowest BCUT2D eigenvalue weighted by atomic mass is 10.0. The van der Waals surface area contributed by atoms with Crippen LogP contribution in [0.4, 0.5) is 0 Å². The van der Waals surface area contributed by atoms with Crippen molar-refractivity contribution >= 4 is 11.8 Å². The van der Waals surface area contributed by atoms with Crippen molar-refractivity contribution in [1.82, 2.24) is 10.6 Å². The van der Waals surface area contributed by atoms with Crippen LogP contribution in [0.25, 0.3) is 0 Å². The van der Waals surface area contributed by atoms with Crippen LogP contribution in [-0.2, 0) is 0 Å². The van der Waals surface area contributed by atoms with Gasteiger partial charge in [0.25, 0.3) is 0 Å². The summed E-state index contributed by atoms with van der Waals surface area (Å²) in [4.78, 5) is 0. The van der Waals surface area contributed by atoms with E-state index in [1.807, 2.05) is 11.8 Å². The summed E-state index contributed by atoms with van der Waals surface area (Å²) in [5.74, 6) is 1.03. The summed E-state index contributed by atoms with van der Waals surface area (Å²) < 4.78 is 0.585. The van der Waals surface area contributed by atoms with Gasteiger partial charge in [-0.15, -0.1) is 11.8 Å². The van der Waals surface area contributed by atoms with Gasteiger partial charge in [-0.3, -0.25) is 0 Å². The molecule has 2 rings (SSSR count). The first-order valence-corrected chi connectivity index (χ1v) is 4.88. The molecule has 2 saturated heterocycles. The molecule has 2 aliphatic rings. The van der Waals surface area contributed by atoms with Crippen LogP contribution >= 0.6 is 11.8 Å². The normalized spacial score (nSPS) is 40.8. The molecular weight excluding hydrogens is 144 g/mol. The maximum absolute atomic E-state index is 4.33. The minimum Gasteiger partial charge on any atom is -0.315 e. The van der Waals surface area contributed by atoms with Crippen molar-refractivity contribution in [2.24, 2.45) is 0 Å². The van der Waals surface area contributed by atoms with Gasteiger partial charge in [-0.1, -0.05) is 0 Å². The molecule has 1 atom stereocenters. The zero-order valence-corrected chi connectivity index (χ0v) is 6.91. The fourth-order valence-electron chi connectivity index (χ4n) is 1.66. The molecule has 2 fully saturated rings. The average molecular weight is 157 g/mol. The van der Waals surface area contributed by atoms with E-state index in [1.54, 1.807) is 0 Å². The zero-order chi connectivity index (χ0) is 6.86. The molecule has 2 aliphatic heterocycles. The van der Waals surface area contributed by atoms with Gasteiger partial charge < -0.3 is 5.32 Å². The monoisotopic (exact) mass is 157 g/mol. The van der Waals surface area contributed by atoms with Gasteiger partial charge in [-0.25, -0.2) is 5.32 Å². The van der Waals surface area contributed by atoms with E-state index in [2.05, 4.69) is 10.6 Å². The van der Waals surface area contributed by atoms with Gasteiger partial charge in [0.2, 0.25) is 0 Å². The third kappa shape index (κ3) is 1.18. The molecule has 1 spiro atoms. The molecule has 0 saturated carbocycles. The Morgan fingerprint density at radius 2 is 2.40 bits per heavy atom. The van der Waals surface area contributed by atoms with Crippen LogP contribution in [0, 0.1) is 0 Å². The Hall–Kier alpha value is 0.270. The molecule has 57 valence electrons. The number of hydrogen-bond donors (Lipinski definition) is 1. The van der Waals surface area contributed by atoms with E-state index in [1.165, 1.54) is 25.9 Å². The van der Waals surface area contributed by atoms with Crippen LogP contribution in [0.5, 0.6) is 0 Å². The molecule has 0 aromatic carbocycles. The molecule has 2 nitrogen and oxygen atoms in total. The zero-order valence-electron chi connectivity index (χ0n) is 6.10. The predicted molar refractivity (Wildman–Crippen MR) is 44.3 cm³/mol. The van der Waals surface area contributed by atoms with Crippen molar-refractivity contribution in [3.63, 3.8) is 0 Å². The number of rotatable bonds is 0. The van der Waals surface area contributed by atoms with E-state index in [0.717, 1.165) is 12.4 Å². The molecule has 0 amide bonds. The van der Waals surface area contributed by atoms with Crippen LogP contribution in [0.3, 0.4) is 0 Å². The Labute approximate surface area is 66.1 Å². The molecule has 0 aromatic rings. The lowest BCUT2D eigenvalue weighted by Crippen LogP contribution is -2.36. The number of nitrogens with one attached hydrogen (secondary N) is 1. The summed E-state index contributed by atoms with van der Waals surface area (Å²) in [6.45, 7) is 3.52. The largest absolute Gasteiger partial charge is 0.315 e. The molecule has 0 aromatic heterocycles. The van der Waals surface area contributed by atoms with Crippen molar-refractivity contribution in [2.45, 2.75) is 17.6 Å². The topological polar surface area (TPSA) is 26.1 Å². The van der Waals surface area contributed by atoms with Crippen LogP contribution in [0.1, 0.15) is 12.8 Å². The van der Waals surface area contributed by atoms with Crippen molar-refractivity contribution in [3.8, 4) is 0 Å². The quantitative estimate of drug-likeness (QED) is 0.551. The molecule has 1 radical (unpaired) electrons. The second kappa shape index (κ2) is 2.72. The summed E-state index contributed by atoms with van der Waals surface area (Å²) in [6, 6.07) is 0. The third-order valence-corrected chi connectivity index (χ3v) is 3.87. The third-order valence-electron chi connectivity index (χ3n) is 2.39. The van der Waals surface area contributed by atoms with E-state index >= 15 is 0 Å². The second-order valence-electron chi connectivity index (χ2n) is 3.08. The Morgan fingerprint density at radius 3 is 3.00 bits per heavy atom. The smallest absolute Gasteiger partial charge is 0.0596 e. The molecule has 2 heterocycles. The molecule has 1 N–H and O–H groups in total. The van der Waals surface area contributed by atoms with Gasteiger partial charge in [0.1, 0.15) is 0 Å². The van der Waals surface area contributed by atoms with Gasteiger partial charge in [0, 0.05) is 17.8 Å². The van der Waals surface area contributed by atoms with Crippen LogP contribution in [0.2, 0.25) is 0 Å². The maximum atomic E-state index is 4.33. The summed E-state index contributed by atoms with van der Waals surface area (Å²) in [5, 5.41) is 7.75. The Kier molecular flexibility index (Phi) is 1.89. The summed E-state index contributed by atoms with van der Waals surface area (Å²) in [5.41, 5.74) is 0. The maximum Gasteiger partial charge on any atom is 0.0596 e. The molecular formula is C7H13N2S. The molecule has 3 heteroatoms. The SMILES string of the molecule is C1CC2(CCNC2)SC[N]1. The number of nitrogens with zero attached hydrogens (tertiary/aromatic N) is 1. The van der Waals surface area contributed by atoms with E-state index in [0.29, 0.717) is 4.75 Å². The number of hydrogen-bond acceptors (Lipinski definition) is 2. The minimum atomic E-state index is 0.585. The first-order chi connectivity index (χ1) is 4.91. The highest BCUT2D eigenvalue weighted by Crippen LogP contribution is 2.36. The van der Waals surface area contributed by atoms with Gasteiger partial charge in [-0.05, 0) is 19.4 Å². The van der Waals surface area contributed by atoms with Crippen LogP contribution < -0.4 is 10.6 Å². The van der Waals surface area contributed by atoms with Crippen LogP contribution in [-0.4, -0.2) is 30.3 Å². The van der Waals surface area contributed by atoms with E-state index in [4.69, 9.17) is 0 Å². The highest BCUT2D eigenvalue weighted by Gasteiger charge is 2.35. The molecule has 0 aliphatic carbocycles. The van der Waals surface area contributed by atoms with Crippen molar-refractivity contribution in [1.29, 1.82) is 0 Å². The van der Waals surface area contributed by atoms with Gasteiger partial charge in [0.05, 0.1) is 5.88 Å². The fourth-order valence-corrected chi connectivity index (χ4v) is 2.84. The summed E-state index contributed by atoms with van der Waals surface area (Å²) in [7, 11) is 0. The van der Waals surface area contributed by atoms with Crippen molar-refractivity contribution < 1.29 is 0 Å². The molecule has 0 bridgehead atoms. The van der Waals surface area contributed by atoms with E-state index in [-0.39, 0.29) is 0 Å². The Bertz CT molecular complexity index is 113. The summed E-state index contributed by atoms with van der Waals surface area (Å²) in [6.07, 6.45) is 2.65. The first-order valence-electron chi connectivity index (χ1n) is 3.89. The Morgan fingerprint density at radius 1 is 1.40 bits per heavy atom. The van der Waals surface area contributed by atoms with E-state index < -0.39 is 0 Å². The lowest BCUT2D eigenvalue weighted by molar-refractivity contribution is 0.532. The molecule has 1 unspecified atom stereocenters. The van der Waals surface area contributed by atoms with Crippen LogP contribution in [0.15, 0.2) is 0 Å². The van der Waals surface area contributed by atoms with Gasteiger partial charge in [-0.2, -0.15) is 0 Å². The average Bonchev–Trinajstić information content (AvgIpc) is 2.39.